The van der Waals surface area contributed by atoms with Gasteiger partial charge in [-0.25, -0.2) is 0 Å². The molecule has 1 aromatic rings. The summed E-state index contributed by atoms with van der Waals surface area (Å²) >= 11 is 0. The molecule has 0 bridgehead atoms. The van der Waals surface area contributed by atoms with Crippen LogP contribution in [-0.4, -0.2) is 26.4 Å². The van der Waals surface area contributed by atoms with E-state index in [1.165, 1.54) is 24.8 Å². The van der Waals surface area contributed by atoms with Gasteiger partial charge in [0.2, 0.25) is 0 Å². The number of hydrogen-bond donors (Lipinski definition) is 1. The summed E-state index contributed by atoms with van der Waals surface area (Å²) in [6.07, 6.45) is 5.97. The van der Waals surface area contributed by atoms with Gasteiger partial charge in [-0.1, -0.05) is 31.0 Å². The second-order valence-corrected chi connectivity index (χ2v) is 5.36. The maximum atomic E-state index is 6.17. The second-order valence-electron chi connectivity index (χ2n) is 5.36. The van der Waals surface area contributed by atoms with Crippen molar-refractivity contribution in [3.8, 4) is 5.75 Å². The van der Waals surface area contributed by atoms with Crippen LogP contribution in [-0.2, 0) is 4.74 Å². The molecule has 3 heteroatoms. The lowest BCUT2D eigenvalue weighted by molar-refractivity contribution is 0.145. The Morgan fingerprint density at radius 1 is 1.16 bits per heavy atom. The van der Waals surface area contributed by atoms with Crippen molar-refractivity contribution < 1.29 is 9.47 Å². The Hall–Kier alpha value is -1.06. The number of benzene rings is 1. The minimum Gasteiger partial charge on any atom is -0.491 e. The summed E-state index contributed by atoms with van der Waals surface area (Å²) in [5.41, 5.74) is 7.49. The molecule has 1 aromatic carbocycles. The van der Waals surface area contributed by atoms with Gasteiger partial charge in [-0.05, 0) is 36.8 Å². The van der Waals surface area contributed by atoms with E-state index in [0.717, 1.165) is 18.6 Å². The fourth-order valence-electron chi connectivity index (χ4n) is 2.87. The molecule has 0 aromatic heterocycles. The Kier molecular flexibility index (Phi) is 5.67. The van der Waals surface area contributed by atoms with Crippen molar-refractivity contribution in [3.63, 3.8) is 0 Å². The van der Waals surface area contributed by atoms with Gasteiger partial charge in [-0.3, -0.25) is 0 Å². The van der Waals surface area contributed by atoms with E-state index in [2.05, 4.69) is 18.2 Å². The van der Waals surface area contributed by atoms with E-state index < -0.39 is 0 Å². The van der Waals surface area contributed by atoms with E-state index >= 15 is 0 Å². The number of hydrogen-bond acceptors (Lipinski definition) is 3. The molecule has 1 saturated carbocycles. The van der Waals surface area contributed by atoms with Crippen molar-refractivity contribution in [3.05, 3.63) is 29.8 Å². The third-order valence-corrected chi connectivity index (χ3v) is 3.87. The molecule has 0 heterocycles. The first-order valence-electron chi connectivity index (χ1n) is 7.27. The molecular weight excluding hydrogens is 238 g/mol. The largest absolute Gasteiger partial charge is 0.491 e. The smallest absolute Gasteiger partial charge is 0.122 e. The first-order valence-corrected chi connectivity index (χ1v) is 7.27. The number of rotatable bonds is 5. The lowest BCUT2D eigenvalue weighted by Crippen LogP contribution is -2.21. The third kappa shape index (κ3) is 4.22. The van der Waals surface area contributed by atoms with Crippen LogP contribution in [0.4, 0.5) is 0 Å². The number of methoxy groups -OCH3 is 1. The predicted molar refractivity (Wildman–Crippen MR) is 77.6 cm³/mol. The fraction of sp³-hybridized carbons (Fsp3) is 0.625. The molecule has 1 aliphatic carbocycles. The highest BCUT2D eigenvalue weighted by Crippen LogP contribution is 2.36. The highest BCUT2D eigenvalue weighted by Gasteiger charge is 2.21. The van der Waals surface area contributed by atoms with Gasteiger partial charge in [0.1, 0.15) is 12.4 Å². The molecule has 0 saturated heterocycles. The van der Waals surface area contributed by atoms with Gasteiger partial charge >= 0.3 is 0 Å². The zero-order chi connectivity index (χ0) is 13.5. The average Bonchev–Trinajstić information content (AvgIpc) is 2.64. The standard InChI is InChI=1S/C16H25NO2/c1-18-10-11-19-16-9-5-4-8-15(16)13-6-2-3-7-14(17)12-13/h4-5,8-9,13-14H,2-3,6-7,10-12,17H2,1H3. The quantitative estimate of drug-likeness (QED) is 0.656. The minimum absolute atomic E-state index is 0.333. The van der Waals surface area contributed by atoms with Crippen LogP contribution in [0.2, 0.25) is 0 Å². The van der Waals surface area contributed by atoms with E-state index in [1.807, 2.05) is 6.07 Å². The van der Waals surface area contributed by atoms with Crippen molar-refractivity contribution in [2.24, 2.45) is 5.73 Å². The normalized spacial score (nSPS) is 23.9. The molecular formula is C16H25NO2. The van der Waals surface area contributed by atoms with E-state index in [0.29, 0.717) is 25.2 Å². The molecule has 19 heavy (non-hydrogen) atoms. The number of ether oxygens (including phenoxy) is 2. The van der Waals surface area contributed by atoms with Crippen molar-refractivity contribution in [2.45, 2.75) is 44.1 Å². The van der Waals surface area contributed by atoms with Crippen LogP contribution in [0, 0.1) is 0 Å². The molecule has 1 aliphatic rings. The predicted octanol–water partition coefficient (Wildman–Crippen LogP) is 3.09. The van der Waals surface area contributed by atoms with Gasteiger partial charge in [0, 0.05) is 13.2 Å². The van der Waals surface area contributed by atoms with E-state index in [9.17, 15) is 0 Å². The highest BCUT2D eigenvalue weighted by molar-refractivity contribution is 5.36. The maximum Gasteiger partial charge on any atom is 0.122 e. The van der Waals surface area contributed by atoms with Crippen LogP contribution in [0.15, 0.2) is 24.3 Å². The summed E-state index contributed by atoms with van der Waals surface area (Å²) in [7, 11) is 1.69. The van der Waals surface area contributed by atoms with Crippen molar-refractivity contribution in [1.29, 1.82) is 0 Å². The van der Waals surface area contributed by atoms with Crippen LogP contribution in [0.5, 0.6) is 5.75 Å². The van der Waals surface area contributed by atoms with E-state index in [1.54, 1.807) is 7.11 Å². The van der Waals surface area contributed by atoms with Gasteiger partial charge in [0.25, 0.3) is 0 Å². The molecule has 2 N–H and O–H groups in total. The second kappa shape index (κ2) is 7.51. The molecule has 2 unspecified atom stereocenters. The molecule has 2 rings (SSSR count). The molecule has 0 spiro atoms. The summed E-state index contributed by atoms with van der Waals surface area (Å²) in [6.45, 7) is 1.23. The van der Waals surface area contributed by atoms with Crippen LogP contribution < -0.4 is 10.5 Å². The molecule has 2 atom stereocenters. The Morgan fingerprint density at radius 2 is 1.95 bits per heavy atom. The Labute approximate surface area is 116 Å². The summed E-state index contributed by atoms with van der Waals surface area (Å²) in [5, 5.41) is 0. The summed E-state index contributed by atoms with van der Waals surface area (Å²) in [5.74, 6) is 1.54. The van der Waals surface area contributed by atoms with Crippen LogP contribution in [0.3, 0.4) is 0 Å². The van der Waals surface area contributed by atoms with Gasteiger partial charge in [0.05, 0.1) is 6.61 Å². The zero-order valence-electron chi connectivity index (χ0n) is 11.8. The van der Waals surface area contributed by atoms with Gasteiger partial charge in [0.15, 0.2) is 0 Å². The van der Waals surface area contributed by atoms with Gasteiger partial charge in [-0.15, -0.1) is 0 Å². The summed E-state index contributed by atoms with van der Waals surface area (Å²) in [4.78, 5) is 0. The van der Waals surface area contributed by atoms with Crippen LogP contribution >= 0.6 is 0 Å². The van der Waals surface area contributed by atoms with Crippen LogP contribution in [0.25, 0.3) is 0 Å². The van der Waals surface area contributed by atoms with E-state index in [-0.39, 0.29) is 0 Å². The molecule has 0 amide bonds. The van der Waals surface area contributed by atoms with Gasteiger partial charge < -0.3 is 15.2 Å². The lowest BCUT2D eigenvalue weighted by Gasteiger charge is -2.20. The zero-order valence-corrected chi connectivity index (χ0v) is 11.8. The monoisotopic (exact) mass is 263 g/mol. The topological polar surface area (TPSA) is 44.5 Å². The maximum absolute atomic E-state index is 6.17. The van der Waals surface area contributed by atoms with Gasteiger partial charge in [-0.2, -0.15) is 0 Å². The van der Waals surface area contributed by atoms with Crippen LogP contribution in [0.1, 0.15) is 43.6 Å². The first-order chi connectivity index (χ1) is 9.31. The SMILES string of the molecule is COCCOc1ccccc1C1CCCCC(N)C1. The molecule has 0 radical (unpaired) electrons. The summed E-state index contributed by atoms with van der Waals surface area (Å²) < 4.78 is 10.9. The lowest BCUT2D eigenvalue weighted by atomic mass is 9.90. The summed E-state index contributed by atoms with van der Waals surface area (Å²) in [6, 6.07) is 8.70. The first kappa shape index (κ1) is 14.4. The Balaban J connectivity index is 2.08. The number of nitrogens with two attached hydrogens (primary N) is 1. The molecule has 3 nitrogen and oxygen atoms in total. The van der Waals surface area contributed by atoms with Crippen molar-refractivity contribution >= 4 is 0 Å². The molecule has 106 valence electrons. The van der Waals surface area contributed by atoms with E-state index in [4.69, 9.17) is 15.2 Å². The Morgan fingerprint density at radius 3 is 2.79 bits per heavy atom. The highest BCUT2D eigenvalue weighted by atomic mass is 16.5. The fourth-order valence-corrected chi connectivity index (χ4v) is 2.87. The van der Waals surface area contributed by atoms with Crippen molar-refractivity contribution in [2.75, 3.05) is 20.3 Å². The van der Waals surface area contributed by atoms with Crippen molar-refractivity contribution in [1.82, 2.24) is 0 Å². The molecule has 1 fully saturated rings. The number of para-hydroxylation sites is 1. The average molecular weight is 263 g/mol. The minimum atomic E-state index is 0.333. The third-order valence-electron chi connectivity index (χ3n) is 3.87. The Bertz CT molecular complexity index is 381. The molecule has 0 aliphatic heterocycles.